The first-order valence-electron chi connectivity index (χ1n) is 9.50. The van der Waals surface area contributed by atoms with Gasteiger partial charge in [-0.3, -0.25) is 4.90 Å². The van der Waals surface area contributed by atoms with Gasteiger partial charge in [-0.15, -0.1) is 0 Å². The van der Waals surface area contributed by atoms with Crippen molar-refractivity contribution in [2.75, 3.05) is 40.5 Å². The first-order chi connectivity index (χ1) is 12.1. The van der Waals surface area contributed by atoms with Crippen molar-refractivity contribution in [3.8, 4) is 0 Å². The fourth-order valence-electron chi connectivity index (χ4n) is 3.62. The minimum atomic E-state index is -0.598. The molecule has 1 saturated heterocycles. The van der Waals surface area contributed by atoms with Crippen molar-refractivity contribution in [1.29, 1.82) is 0 Å². The summed E-state index contributed by atoms with van der Waals surface area (Å²) in [7, 11) is 4.07. The molecule has 2 aliphatic rings. The van der Waals surface area contributed by atoms with Crippen molar-refractivity contribution >= 4 is 12.1 Å². The number of nitrogens with zero attached hydrogens (tertiary/aromatic N) is 2. The Balaban J connectivity index is 1.98. The fourth-order valence-corrected chi connectivity index (χ4v) is 3.62. The summed E-state index contributed by atoms with van der Waals surface area (Å²) >= 11 is 0. The number of hydrogen-bond acceptors (Lipinski definition) is 6. The molecule has 0 radical (unpaired) electrons. The molecule has 0 aromatic rings. The zero-order valence-corrected chi connectivity index (χ0v) is 17.0. The minimum absolute atomic E-state index is 0.000560. The summed E-state index contributed by atoms with van der Waals surface area (Å²) < 4.78 is 16.6. The second-order valence-electron chi connectivity index (χ2n) is 8.65. The molecule has 0 N–H and O–H groups in total. The van der Waals surface area contributed by atoms with Gasteiger partial charge in [0.15, 0.2) is 0 Å². The van der Waals surface area contributed by atoms with E-state index in [2.05, 4.69) is 4.90 Å². The van der Waals surface area contributed by atoms with Crippen molar-refractivity contribution in [2.45, 2.75) is 64.6 Å². The number of piperidine rings is 1. The molecule has 0 aromatic heterocycles. The molecule has 26 heavy (non-hydrogen) atoms. The Hall–Kier alpha value is -1.34. The van der Waals surface area contributed by atoms with E-state index in [1.165, 1.54) is 0 Å². The minimum Gasteiger partial charge on any atom is -0.464 e. The van der Waals surface area contributed by atoms with Crippen LogP contribution in [0.5, 0.6) is 0 Å². The highest BCUT2D eigenvalue weighted by Gasteiger charge is 2.68. The number of hydrogen-bond donors (Lipinski definition) is 0. The highest BCUT2D eigenvalue weighted by molar-refractivity contribution is 5.83. The van der Waals surface area contributed by atoms with Crippen molar-refractivity contribution < 1.29 is 23.8 Å². The lowest BCUT2D eigenvalue weighted by atomic mass is 10.0. The Kier molecular flexibility index (Phi) is 6.55. The molecule has 0 spiro atoms. The van der Waals surface area contributed by atoms with Crippen molar-refractivity contribution in [1.82, 2.24) is 9.80 Å². The average molecular weight is 370 g/mol. The Morgan fingerprint density at radius 1 is 1.23 bits per heavy atom. The summed E-state index contributed by atoms with van der Waals surface area (Å²) in [5.41, 5.74) is -0.731. The maximum absolute atomic E-state index is 12.7. The van der Waals surface area contributed by atoms with Crippen LogP contribution in [-0.2, 0) is 19.0 Å². The maximum atomic E-state index is 12.7. The lowest BCUT2D eigenvalue weighted by molar-refractivity contribution is -0.149. The number of ether oxygens (including phenoxy) is 3. The van der Waals surface area contributed by atoms with Crippen LogP contribution in [0, 0.1) is 5.41 Å². The maximum Gasteiger partial charge on any atom is 0.411 e. The van der Waals surface area contributed by atoms with Gasteiger partial charge in [0.1, 0.15) is 11.6 Å². The average Bonchev–Trinajstić information content (AvgIpc) is 3.09. The zero-order chi connectivity index (χ0) is 19.5. The number of rotatable bonds is 8. The van der Waals surface area contributed by atoms with Gasteiger partial charge < -0.3 is 19.1 Å². The van der Waals surface area contributed by atoms with E-state index >= 15 is 0 Å². The molecule has 1 saturated carbocycles. The Labute approximate surface area is 156 Å². The summed E-state index contributed by atoms with van der Waals surface area (Å²) in [5, 5.41) is 0. The summed E-state index contributed by atoms with van der Waals surface area (Å²) in [6.45, 7) is 9.79. The fraction of sp³-hybridized carbons (Fsp3) is 0.895. The molecule has 1 amide bonds. The Bertz CT molecular complexity index is 517. The first-order valence-corrected chi connectivity index (χ1v) is 9.50. The van der Waals surface area contributed by atoms with Gasteiger partial charge in [0, 0.05) is 18.1 Å². The van der Waals surface area contributed by atoms with E-state index < -0.39 is 17.7 Å². The van der Waals surface area contributed by atoms with Crippen LogP contribution in [0.25, 0.3) is 0 Å². The molecule has 2 rings (SSSR count). The normalized spacial score (nSPS) is 27.4. The van der Waals surface area contributed by atoms with Crippen molar-refractivity contribution in [3.63, 3.8) is 0 Å². The summed E-state index contributed by atoms with van der Waals surface area (Å²) in [5.74, 6) is -0.349. The number of carbonyl (C=O) groups is 2. The molecule has 3 atom stereocenters. The van der Waals surface area contributed by atoms with E-state index in [1.54, 1.807) is 11.8 Å². The van der Waals surface area contributed by atoms with Crippen molar-refractivity contribution in [2.24, 2.45) is 5.41 Å². The molecule has 1 unspecified atom stereocenters. The number of likely N-dealkylation sites (tertiary alicyclic amines) is 1. The van der Waals surface area contributed by atoms with Gasteiger partial charge in [-0.05, 0) is 67.6 Å². The molecule has 0 aromatic carbocycles. The predicted molar refractivity (Wildman–Crippen MR) is 97.9 cm³/mol. The van der Waals surface area contributed by atoms with E-state index in [1.807, 2.05) is 34.9 Å². The van der Waals surface area contributed by atoms with Gasteiger partial charge in [-0.1, -0.05) is 0 Å². The molecular formula is C19H34N2O5. The highest BCUT2D eigenvalue weighted by Crippen LogP contribution is 2.60. The molecule has 1 aliphatic heterocycles. The van der Waals surface area contributed by atoms with Gasteiger partial charge in [0.2, 0.25) is 0 Å². The third kappa shape index (κ3) is 5.10. The first kappa shape index (κ1) is 21.0. The van der Waals surface area contributed by atoms with Crippen LogP contribution >= 0.6 is 0 Å². The van der Waals surface area contributed by atoms with Gasteiger partial charge in [0.05, 0.1) is 13.2 Å². The monoisotopic (exact) mass is 370 g/mol. The number of esters is 1. The van der Waals surface area contributed by atoms with E-state index in [9.17, 15) is 9.59 Å². The molecular weight excluding hydrogens is 336 g/mol. The molecule has 7 heteroatoms. The predicted octanol–water partition coefficient (Wildman–Crippen LogP) is 2.29. The summed E-state index contributed by atoms with van der Waals surface area (Å²) in [6, 6.07) is -0.575. The zero-order valence-electron chi connectivity index (χ0n) is 17.0. The van der Waals surface area contributed by atoms with E-state index in [-0.39, 0.29) is 17.4 Å². The van der Waals surface area contributed by atoms with Crippen LogP contribution in [0.1, 0.15) is 47.0 Å². The van der Waals surface area contributed by atoms with E-state index in [4.69, 9.17) is 14.2 Å². The molecule has 1 heterocycles. The third-order valence-electron chi connectivity index (χ3n) is 4.86. The highest BCUT2D eigenvalue weighted by atomic mass is 16.6. The Morgan fingerprint density at radius 2 is 1.92 bits per heavy atom. The van der Waals surface area contributed by atoms with Crippen LogP contribution in [0.15, 0.2) is 0 Å². The van der Waals surface area contributed by atoms with E-state index in [0.29, 0.717) is 26.2 Å². The van der Waals surface area contributed by atoms with Gasteiger partial charge in [-0.2, -0.15) is 0 Å². The molecule has 150 valence electrons. The molecule has 7 nitrogen and oxygen atoms in total. The van der Waals surface area contributed by atoms with Crippen LogP contribution in [0.2, 0.25) is 0 Å². The third-order valence-corrected chi connectivity index (χ3v) is 4.86. The second-order valence-corrected chi connectivity index (χ2v) is 8.65. The number of carbonyl (C=O) groups excluding carboxylic acids is 2. The van der Waals surface area contributed by atoms with Crippen LogP contribution < -0.4 is 0 Å². The van der Waals surface area contributed by atoms with Crippen LogP contribution in [0.4, 0.5) is 4.79 Å². The summed E-state index contributed by atoms with van der Waals surface area (Å²) in [6.07, 6.45) is 1.97. The molecule has 0 bridgehead atoms. The van der Waals surface area contributed by atoms with E-state index in [0.717, 1.165) is 19.4 Å². The quantitative estimate of drug-likeness (QED) is 0.482. The largest absolute Gasteiger partial charge is 0.464 e. The number of amides is 1. The molecule has 1 aliphatic carbocycles. The van der Waals surface area contributed by atoms with Crippen LogP contribution in [-0.4, -0.2) is 80.0 Å². The standard InChI is InChI=1S/C19H34N2O5/c1-7-25-16(22)14-11-19(13-24-10-8-9-20(5)6)12-15(19)21(14)17(23)26-18(2,3)4/h14-15H,7-13H2,1-6H3/t14-,15?,19-/m0/s1. The topological polar surface area (TPSA) is 68.3 Å². The van der Waals surface area contributed by atoms with Gasteiger partial charge in [-0.25, -0.2) is 9.59 Å². The SMILES string of the molecule is CCOC(=O)[C@@H]1C[C@@]2(COCCCN(C)C)CC2N1C(=O)OC(C)(C)C. The van der Waals surface area contributed by atoms with Crippen molar-refractivity contribution in [3.05, 3.63) is 0 Å². The van der Waals surface area contributed by atoms with Crippen LogP contribution in [0.3, 0.4) is 0 Å². The number of fused-ring (bicyclic) bond motifs is 1. The van der Waals surface area contributed by atoms with Gasteiger partial charge >= 0.3 is 12.1 Å². The molecule has 2 fully saturated rings. The lowest BCUT2D eigenvalue weighted by Crippen LogP contribution is -2.46. The lowest BCUT2D eigenvalue weighted by Gasteiger charge is -2.29. The van der Waals surface area contributed by atoms with Gasteiger partial charge in [0.25, 0.3) is 0 Å². The smallest absolute Gasteiger partial charge is 0.411 e. The Morgan fingerprint density at radius 3 is 2.50 bits per heavy atom. The summed E-state index contributed by atoms with van der Waals surface area (Å²) in [4.78, 5) is 28.7. The second kappa shape index (κ2) is 8.13.